The van der Waals surface area contributed by atoms with E-state index in [0.717, 1.165) is 45.3 Å². The number of carbonyl (C=O) groups excluding carboxylic acids is 1. The van der Waals surface area contributed by atoms with Gasteiger partial charge in [-0.05, 0) is 45.6 Å². The zero-order valence-corrected chi connectivity index (χ0v) is 13.0. The minimum atomic E-state index is -0.677. The largest absolute Gasteiger partial charge is 0.481 e. The molecule has 0 aromatic carbocycles. The number of hydrogen-bond acceptors (Lipinski definition) is 3. The Morgan fingerprint density at radius 3 is 2.43 bits per heavy atom. The van der Waals surface area contributed by atoms with Crippen molar-refractivity contribution in [3.8, 4) is 0 Å². The van der Waals surface area contributed by atoms with Crippen LogP contribution in [-0.2, 0) is 4.79 Å². The SMILES string of the molecule is CC1CN(C(=O)NCC2CCC(C(=O)O)CC2)CCN1C. The number of urea groups is 1. The second-order valence-corrected chi connectivity index (χ2v) is 6.52. The Bertz CT molecular complexity index is 380. The number of likely N-dealkylation sites (N-methyl/N-ethyl adjacent to an activating group) is 1. The van der Waals surface area contributed by atoms with Crippen molar-refractivity contribution in [3.05, 3.63) is 0 Å². The van der Waals surface area contributed by atoms with Crippen LogP contribution in [0.1, 0.15) is 32.6 Å². The fourth-order valence-corrected chi connectivity index (χ4v) is 3.19. The molecule has 1 saturated heterocycles. The van der Waals surface area contributed by atoms with Gasteiger partial charge in [0, 0.05) is 32.2 Å². The van der Waals surface area contributed by atoms with Gasteiger partial charge in [-0.25, -0.2) is 4.79 Å². The summed E-state index contributed by atoms with van der Waals surface area (Å²) in [4.78, 5) is 27.2. The summed E-state index contributed by atoms with van der Waals surface area (Å²) in [6.07, 6.45) is 3.27. The van der Waals surface area contributed by atoms with Gasteiger partial charge in [0.15, 0.2) is 0 Å². The summed E-state index contributed by atoms with van der Waals surface area (Å²) in [5, 5.41) is 12.0. The highest BCUT2D eigenvalue weighted by Gasteiger charge is 2.27. The maximum Gasteiger partial charge on any atom is 0.317 e. The van der Waals surface area contributed by atoms with E-state index in [0.29, 0.717) is 18.5 Å². The molecule has 1 unspecified atom stereocenters. The molecule has 0 aromatic heterocycles. The van der Waals surface area contributed by atoms with Crippen molar-refractivity contribution in [1.29, 1.82) is 0 Å². The lowest BCUT2D eigenvalue weighted by molar-refractivity contribution is -0.143. The Morgan fingerprint density at radius 2 is 1.86 bits per heavy atom. The summed E-state index contributed by atoms with van der Waals surface area (Å²) in [6, 6.07) is 0.422. The maximum absolute atomic E-state index is 12.2. The first-order chi connectivity index (χ1) is 9.97. The molecule has 1 aliphatic carbocycles. The molecule has 6 nitrogen and oxygen atoms in total. The summed E-state index contributed by atoms with van der Waals surface area (Å²) in [6.45, 7) is 5.27. The van der Waals surface area contributed by atoms with Crippen LogP contribution < -0.4 is 5.32 Å². The van der Waals surface area contributed by atoms with Crippen molar-refractivity contribution in [2.45, 2.75) is 38.6 Å². The van der Waals surface area contributed by atoms with Crippen LogP contribution in [0.15, 0.2) is 0 Å². The quantitative estimate of drug-likeness (QED) is 0.821. The number of hydrogen-bond donors (Lipinski definition) is 2. The highest BCUT2D eigenvalue weighted by molar-refractivity contribution is 5.74. The third-order valence-corrected chi connectivity index (χ3v) is 4.98. The second-order valence-electron chi connectivity index (χ2n) is 6.52. The molecule has 0 aromatic rings. The van der Waals surface area contributed by atoms with Crippen molar-refractivity contribution in [3.63, 3.8) is 0 Å². The number of aliphatic carboxylic acids is 1. The van der Waals surface area contributed by atoms with E-state index in [-0.39, 0.29) is 11.9 Å². The third kappa shape index (κ3) is 4.33. The van der Waals surface area contributed by atoms with E-state index in [9.17, 15) is 9.59 Å². The first-order valence-electron chi connectivity index (χ1n) is 7.93. The summed E-state index contributed by atoms with van der Waals surface area (Å²) in [5.74, 6) is -0.436. The van der Waals surface area contributed by atoms with Gasteiger partial charge >= 0.3 is 12.0 Å². The van der Waals surface area contributed by atoms with E-state index in [4.69, 9.17) is 5.11 Å². The van der Waals surface area contributed by atoms with Crippen molar-refractivity contribution >= 4 is 12.0 Å². The first-order valence-corrected chi connectivity index (χ1v) is 7.93. The maximum atomic E-state index is 12.2. The molecular weight excluding hydrogens is 270 g/mol. The molecule has 120 valence electrons. The van der Waals surface area contributed by atoms with E-state index in [2.05, 4.69) is 24.2 Å². The number of carboxylic acid groups (broad SMARTS) is 1. The molecule has 2 N–H and O–H groups in total. The molecule has 2 aliphatic rings. The highest BCUT2D eigenvalue weighted by atomic mass is 16.4. The fourth-order valence-electron chi connectivity index (χ4n) is 3.19. The monoisotopic (exact) mass is 297 g/mol. The zero-order chi connectivity index (χ0) is 15.4. The predicted molar refractivity (Wildman–Crippen MR) is 80.1 cm³/mol. The molecule has 6 heteroatoms. The molecule has 1 saturated carbocycles. The van der Waals surface area contributed by atoms with Gasteiger partial charge in [0.2, 0.25) is 0 Å². The van der Waals surface area contributed by atoms with Gasteiger partial charge in [-0.1, -0.05) is 0 Å². The summed E-state index contributed by atoms with van der Waals surface area (Å²) < 4.78 is 0. The van der Waals surface area contributed by atoms with Crippen LogP contribution in [0.2, 0.25) is 0 Å². The lowest BCUT2D eigenvalue weighted by Crippen LogP contribution is -2.55. The summed E-state index contributed by atoms with van der Waals surface area (Å²) >= 11 is 0. The highest BCUT2D eigenvalue weighted by Crippen LogP contribution is 2.28. The van der Waals surface area contributed by atoms with Crippen LogP contribution in [-0.4, -0.2) is 66.2 Å². The average molecular weight is 297 g/mol. The van der Waals surface area contributed by atoms with E-state index >= 15 is 0 Å². The number of nitrogens with one attached hydrogen (secondary N) is 1. The normalized spacial score (nSPS) is 31.0. The van der Waals surface area contributed by atoms with Crippen LogP contribution in [0, 0.1) is 11.8 Å². The van der Waals surface area contributed by atoms with Crippen LogP contribution in [0.25, 0.3) is 0 Å². The second kappa shape index (κ2) is 7.11. The van der Waals surface area contributed by atoms with E-state index in [1.165, 1.54) is 0 Å². The third-order valence-electron chi connectivity index (χ3n) is 4.98. The Labute approximate surface area is 126 Å². The molecule has 0 radical (unpaired) electrons. The lowest BCUT2D eigenvalue weighted by Gasteiger charge is -2.38. The number of carbonyl (C=O) groups is 2. The Kier molecular flexibility index (Phi) is 5.45. The fraction of sp³-hybridized carbons (Fsp3) is 0.867. The number of nitrogens with zero attached hydrogens (tertiary/aromatic N) is 2. The molecule has 1 heterocycles. The molecule has 2 rings (SSSR count). The molecule has 2 fully saturated rings. The molecule has 21 heavy (non-hydrogen) atoms. The van der Waals surface area contributed by atoms with Crippen LogP contribution in [0.5, 0.6) is 0 Å². The molecule has 0 bridgehead atoms. The number of carboxylic acids is 1. The van der Waals surface area contributed by atoms with Gasteiger partial charge in [0.1, 0.15) is 0 Å². The molecule has 2 amide bonds. The number of amides is 2. The van der Waals surface area contributed by atoms with E-state index < -0.39 is 5.97 Å². The van der Waals surface area contributed by atoms with Crippen molar-refractivity contribution in [2.75, 3.05) is 33.2 Å². The Morgan fingerprint density at radius 1 is 1.19 bits per heavy atom. The molecule has 1 atom stereocenters. The Hall–Kier alpha value is -1.30. The topological polar surface area (TPSA) is 72.9 Å². The van der Waals surface area contributed by atoms with Gasteiger partial charge in [0.25, 0.3) is 0 Å². The van der Waals surface area contributed by atoms with Crippen molar-refractivity contribution < 1.29 is 14.7 Å². The Balaban J connectivity index is 1.69. The minimum absolute atomic E-state index is 0.0234. The lowest BCUT2D eigenvalue weighted by atomic mass is 9.82. The van der Waals surface area contributed by atoms with Crippen LogP contribution in [0.4, 0.5) is 4.79 Å². The number of piperazine rings is 1. The van der Waals surface area contributed by atoms with Gasteiger partial charge in [0.05, 0.1) is 5.92 Å². The predicted octanol–water partition coefficient (Wildman–Crippen LogP) is 1.22. The van der Waals surface area contributed by atoms with E-state index in [1.807, 2.05) is 4.90 Å². The van der Waals surface area contributed by atoms with Crippen molar-refractivity contribution in [2.24, 2.45) is 11.8 Å². The average Bonchev–Trinajstić information content (AvgIpc) is 2.48. The van der Waals surface area contributed by atoms with E-state index in [1.54, 1.807) is 0 Å². The molecule has 0 spiro atoms. The molecule has 1 aliphatic heterocycles. The van der Waals surface area contributed by atoms with Crippen molar-refractivity contribution in [1.82, 2.24) is 15.1 Å². The van der Waals surface area contributed by atoms with Crippen LogP contribution in [0.3, 0.4) is 0 Å². The number of rotatable bonds is 3. The zero-order valence-electron chi connectivity index (χ0n) is 13.0. The smallest absolute Gasteiger partial charge is 0.317 e. The van der Waals surface area contributed by atoms with Gasteiger partial charge in [-0.15, -0.1) is 0 Å². The summed E-state index contributed by atoms with van der Waals surface area (Å²) in [7, 11) is 2.08. The van der Waals surface area contributed by atoms with Gasteiger partial charge < -0.3 is 20.2 Å². The summed E-state index contributed by atoms with van der Waals surface area (Å²) in [5.41, 5.74) is 0. The molecular formula is C15H27N3O3. The first kappa shape index (κ1) is 16.1. The minimum Gasteiger partial charge on any atom is -0.481 e. The van der Waals surface area contributed by atoms with Crippen LogP contribution >= 0.6 is 0 Å². The van der Waals surface area contributed by atoms with Gasteiger partial charge in [-0.3, -0.25) is 4.79 Å². The van der Waals surface area contributed by atoms with Gasteiger partial charge in [-0.2, -0.15) is 0 Å². The standard InChI is InChI=1S/C15H27N3O3/c1-11-10-18(8-7-17(11)2)15(21)16-9-12-3-5-13(6-4-12)14(19)20/h11-13H,3-10H2,1-2H3,(H,16,21)(H,19,20).